The quantitative estimate of drug-likeness (QED) is 0.479. The minimum atomic E-state index is -1.30. The van der Waals surface area contributed by atoms with E-state index in [0.29, 0.717) is 0 Å². The molecule has 88 valence electrons. The second-order valence-electron chi connectivity index (χ2n) is 4.43. The van der Waals surface area contributed by atoms with Gasteiger partial charge in [-0.05, 0) is 5.41 Å². The molecule has 0 saturated heterocycles. The van der Waals surface area contributed by atoms with E-state index in [1.165, 1.54) is 0 Å². The monoisotopic (exact) mass is 218 g/mol. The maximum Gasteiger partial charge on any atom is 0.328 e. The molecule has 6 nitrogen and oxygen atoms in total. The van der Waals surface area contributed by atoms with Crippen molar-refractivity contribution in [3.63, 3.8) is 0 Å². The Kier molecular flexibility index (Phi) is 4.70. The second kappa shape index (κ2) is 5.09. The zero-order valence-electron chi connectivity index (χ0n) is 9.15. The Morgan fingerprint density at radius 1 is 1.40 bits per heavy atom. The van der Waals surface area contributed by atoms with Crippen molar-refractivity contribution in [2.45, 2.75) is 32.9 Å². The first-order valence-corrected chi connectivity index (χ1v) is 4.59. The summed E-state index contributed by atoms with van der Waals surface area (Å²) in [5.74, 6) is -1.86. The van der Waals surface area contributed by atoms with Crippen LogP contribution in [0.1, 0.15) is 20.8 Å². The summed E-state index contributed by atoms with van der Waals surface area (Å²) in [4.78, 5) is 22.0. The maximum absolute atomic E-state index is 11.5. The topological polar surface area (TPSA) is 113 Å². The van der Waals surface area contributed by atoms with Gasteiger partial charge in [-0.3, -0.25) is 4.79 Å². The number of rotatable bonds is 4. The molecule has 2 atom stereocenters. The van der Waals surface area contributed by atoms with E-state index >= 15 is 0 Å². The summed E-state index contributed by atoms with van der Waals surface area (Å²) in [5, 5.41) is 19.4. The summed E-state index contributed by atoms with van der Waals surface area (Å²) in [7, 11) is 0. The highest BCUT2D eigenvalue weighted by Crippen LogP contribution is 2.17. The number of aliphatic hydroxyl groups excluding tert-OH is 1. The van der Waals surface area contributed by atoms with Gasteiger partial charge < -0.3 is 21.3 Å². The maximum atomic E-state index is 11.5. The molecule has 0 unspecified atom stereocenters. The number of carbonyl (C=O) groups excluding carboxylic acids is 1. The molecule has 6 heteroatoms. The molecule has 0 aromatic carbocycles. The molecule has 0 fully saturated rings. The number of hydrogen-bond donors (Lipinski definition) is 4. The van der Waals surface area contributed by atoms with E-state index in [2.05, 4.69) is 5.32 Å². The van der Waals surface area contributed by atoms with Crippen molar-refractivity contribution in [3.8, 4) is 0 Å². The highest BCUT2D eigenvalue weighted by molar-refractivity contribution is 5.87. The standard InChI is InChI=1S/C9H18N2O4/c1-9(2,3)6(10)7(13)11-5(4-12)8(14)15/h5-6,12H,4,10H2,1-3H3,(H,11,13)(H,14,15)/t5-,6+/m0/s1. The molecule has 0 bridgehead atoms. The lowest BCUT2D eigenvalue weighted by molar-refractivity contribution is -0.143. The minimum Gasteiger partial charge on any atom is -0.480 e. The largest absolute Gasteiger partial charge is 0.480 e. The third-order valence-electron chi connectivity index (χ3n) is 2.01. The average molecular weight is 218 g/mol. The molecule has 0 radical (unpaired) electrons. The van der Waals surface area contributed by atoms with Crippen LogP contribution >= 0.6 is 0 Å². The molecule has 0 saturated carbocycles. The number of aliphatic carboxylic acids is 1. The van der Waals surface area contributed by atoms with Gasteiger partial charge in [0.2, 0.25) is 5.91 Å². The first-order valence-electron chi connectivity index (χ1n) is 4.59. The van der Waals surface area contributed by atoms with Crippen LogP contribution in [0.3, 0.4) is 0 Å². The molecule has 0 aliphatic heterocycles. The van der Waals surface area contributed by atoms with Gasteiger partial charge >= 0.3 is 5.97 Å². The number of hydrogen-bond acceptors (Lipinski definition) is 4. The van der Waals surface area contributed by atoms with E-state index in [1.54, 1.807) is 20.8 Å². The Morgan fingerprint density at radius 3 is 2.13 bits per heavy atom. The van der Waals surface area contributed by atoms with Crippen LogP contribution in [0.4, 0.5) is 0 Å². The van der Waals surface area contributed by atoms with Crippen molar-refractivity contribution in [3.05, 3.63) is 0 Å². The Morgan fingerprint density at radius 2 is 1.87 bits per heavy atom. The fourth-order valence-electron chi connectivity index (χ4n) is 0.840. The lowest BCUT2D eigenvalue weighted by atomic mass is 9.87. The van der Waals surface area contributed by atoms with Crippen molar-refractivity contribution in [1.82, 2.24) is 5.32 Å². The highest BCUT2D eigenvalue weighted by atomic mass is 16.4. The van der Waals surface area contributed by atoms with Gasteiger partial charge in [-0.15, -0.1) is 0 Å². The van der Waals surface area contributed by atoms with Crippen LogP contribution in [-0.2, 0) is 9.59 Å². The molecule has 0 rings (SSSR count). The van der Waals surface area contributed by atoms with Gasteiger partial charge in [0.05, 0.1) is 12.6 Å². The van der Waals surface area contributed by atoms with Crippen LogP contribution in [0.25, 0.3) is 0 Å². The molecule has 0 aromatic rings. The summed E-state index contributed by atoms with van der Waals surface area (Å²) in [6, 6.07) is -2.11. The van der Waals surface area contributed by atoms with Crippen molar-refractivity contribution >= 4 is 11.9 Å². The summed E-state index contributed by atoms with van der Waals surface area (Å²) in [6.45, 7) is 4.65. The second-order valence-corrected chi connectivity index (χ2v) is 4.43. The van der Waals surface area contributed by atoms with Gasteiger partial charge in [0, 0.05) is 0 Å². The molecular weight excluding hydrogens is 200 g/mol. The smallest absolute Gasteiger partial charge is 0.328 e. The van der Waals surface area contributed by atoms with Crippen LogP contribution < -0.4 is 11.1 Å². The van der Waals surface area contributed by atoms with Crippen molar-refractivity contribution in [2.75, 3.05) is 6.61 Å². The Labute approximate surface area is 88.5 Å². The zero-order valence-corrected chi connectivity index (χ0v) is 9.15. The SMILES string of the molecule is CC(C)(C)[C@H](N)C(=O)N[C@@H](CO)C(=O)O. The molecule has 1 amide bonds. The molecule has 15 heavy (non-hydrogen) atoms. The fourth-order valence-corrected chi connectivity index (χ4v) is 0.840. The highest BCUT2D eigenvalue weighted by Gasteiger charge is 2.30. The third kappa shape index (κ3) is 4.26. The van der Waals surface area contributed by atoms with Crippen LogP contribution in [0, 0.1) is 5.41 Å². The van der Waals surface area contributed by atoms with Gasteiger partial charge in [0.15, 0.2) is 0 Å². The minimum absolute atomic E-state index is 0.456. The van der Waals surface area contributed by atoms with Crippen LogP contribution in [0.5, 0.6) is 0 Å². The lowest BCUT2D eigenvalue weighted by Crippen LogP contribution is -2.54. The predicted molar refractivity (Wildman–Crippen MR) is 54.1 cm³/mol. The number of nitrogens with one attached hydrogen (secondary N) is 1. The Balaban J connectivity index is 4.42. The van der Waals surface area contributed by atoms with Crippen LogP contribution in [0.2, 0.25) is 0 Å². The van der Waals surface area contributed by atoms with Crippen molar-refractivity contribution < 1.29 is 19.8 Å². The van der Waals surface area contributed by atoms with E-state index in [9.17, 15) is 9.59 Å². The van der Waals surface area contributed by atoms with E-state index in [0.717, 1.165) is 0 Å². The normalized spacial score (nSPS) is 15.5. The lowest BCUT2D eigenvalue weighted by Gasteiger charge is -2.26. The Hall–Kier alpha value is -1.14. The molecule has 0 heterocycles. The number of aliphatic hydroxyl groups is 1. The first kappa shape index (κ1) is 13.9. The molecule has 0 spiro atoms. The number of carbonyl (C=O) groups is 2. The van der Waals surface area contributed by atoms with E-state index in [1.807, 2.05) is 0 Å². The van der Waals surface area contributed by atoms with Crippen molar-refractivity contribution in [1.29, 1.82) is 0 Å². The summed E-state index contributed by atoms with van der Waals surface area (Å²) >= 11 is 0. The van der Waals surface area contributed by atoms with Crippen LogP contribution in [-0.4, -0.2) is 40.8 Å². The van der Waals surface area contributed by atoms with Crippen LogP contribution in [0.15, 0.2) is 0 Å². The van der Waals surface area contributed by atoms with E-state index < -0.39 is 36.0 Å². The van der Waals surface area contributed by atoms with Gasteiger partial charge in [0.1, 0.15) is 6.04 Å². The molecule has 0 aliphatic carbocycles. The van der Waals surface area contributed by atoms with Gasteiger partial charge in [-0.25, -0.2) is 4.79 Å². The number of carboxylic acids is 1. The first-order chi connectivity index (χ1) is 6.70. The number of amides is 1. The summed E-state index contributed by atoms with van der Waals surface area (Å²) < 4.78 is 0. The number of carboxylic acid groups (broad SMARTS) is 1. The fraction of sp³-hybridized carbons (Fsp3) is 0.778. The third-order valence-corrected chi connectivity index (χ3v) is 2.01. The van der Waals surface area contributed by atoms with Gasteiger partial charge in [-0.2, -0.15) is 0 Å². The van der Waals surface area contributed by atoms with Crippen molar-refractivity contribution in [2.24, 2.45) is 11.1 Å². The Bertz CT molecular complexity index is 247. The number of nitrogens with two attached hydrogens (primary N) is 1. The predicted octanol–water partition coefficient (Wildman–Crippen LogP) is -1.08. The summed E-state index contributed by atoms with van der Waals surface area (Å²) in [5.41, 5.74) is 5.16. The molecule has 0 aliphatic rings. The molecular formula is C9H18N2O4. The zero-order chi connectivity index (χ0) is 12.2. The molecule has 5 N–H and O–H groups in total. The van der Waals surface area contributed by atoms with Gasteiger partial charge in [-0.1, -0.05) is 20.8 Å². The van der Waals surface area contributed by atoms with Gasteiger partial charge in [0.25, 0.3) is 0 Å². The van der Waals surface area contributed by atoms with E-state index in [4.69, 9.17) is 15.9 Å². The molecule has 0 aromatic heterocycles. The summed E-state index contributed by atoms with van der Waals surface area (Å²) in [6.07, 6.45) is 0. The average Bonchev–Trinajstić information content (AvgIpc) is 2.10. The van der Waals surface area contributed by atoms with E-state index in [-0.39, 0.29) is 0 Å².